The molecule has 0 bridgehead atoms. The molecule has 0 radical (unpaired) electrons. The molecule has 0 saturated carbocycles. The number of hydrogen-bond donors (Lipinski definition) is 1. The Labute approximate surface area is 100 Å². The van der Waals surface area contributed by atoms with Gasteiger partial charge in [0, 0.05) is 18.6 Å². The first-order chi connectivity index (χ1) is 8.13. The van der Waals surface area contributed by atoms with Crippen molar-refractivity contribution in [1.29, 1.82) is 0 Å². The zero-order valence-corrected chi connectivity index (χ0v) is 10.00. The van der Waals surface area contributed by atoms with Gasteiger partial charge in [-0.05, 0) is 44.0 Å². The summed E-state index contributed by atoms with van der Waals surface area (Å²) in [6, 6.07) is 4.56. The summed E-state index contributed by atoms with van der Waals surface area (Å²) in [7, 11) is 0. The quantitative estimate of drug-likeness (QED) is 0.879. The molecular weight excluding hydrogens is 222 g/mol. The van der Waals surface area contributed by atoms with Crippen LogP contribution in [0, 0.1) is 11.6 Å². The summed E-state index contributed by atoms with van der Waals surface area (Å²) in [4.78, 5) is 2.27. The molecule has 2 rings (SSSR count). The van der Waals surface area contributed by atoms with Crippen LogP contribution >= 0.6 is 0 Å². The number of nitrogens with zero attached hydrogens (tertiary/aromatic N) is 1. The lowest BCUT2D eigenvalue weighted by molar-refractivity contribution is 0.196. The van der Waals surface area contributed by atoms with E-state index in [9.17, 15) is 8.78 Å². The number of hydrogen-bond acceptors (Lipinski definition) is 2. The average molecular weight is 240 g/mol. The van der Waals surface area contributed by atoms with Gasteiger partial charge in [0.15, 0.2) is 11.6 Å². The number of benzene rings is 1. The minimum Gasteiger partial charge on any atom is -0.329 e. The first-order valence-corrected chi connectivity index (χ1v) is 6.04. The van der Waals surface area contributed by atoms with Crippen LogP contribution in [0.1, 0.15) is 31.4 Å². The molecule has 1 aromatic rings. The molecule has 2 atom stereocenters. The minimum atomic E-state index is -0.794. The standard InChI is InChI=1S/C13H18F2N2/c1-9(17-6-2-3-11(17)8-16)10-4-5-12(14)13(15)7-10/h4-5,7,9,11H,2-3,6,8,16H2,1H3. The van der Waals surface area contributed by atoms with Gasteiger partial charge in [-0.15, -0.1) is 0 Å². The molecular formula is C13H18F2N2. The molecule has 1 aliphatic heterocycles. The fourth-order valence-electron chi connectivity index (χ4n) is 2.58. The fraction of sp³-hybridized carbons (Fsp3) is 0.538. The maximum Gasteiger partial charge on any atom is 0.159 e. The zero-order valence-electron chi connectivity index (χ0n) is 10.00. The Morgan fingerprint density at radius 3 is 2.82 bits per heavy atom. The van der Waals surface area contributed by atoms with Crippen LogP contribution in [0.4, 0.5) is 8.78 Å². The van der Waals surface area contributed by atoms with Crippen molar-refractivity contribution in [3.05, 3.63) is 35.4 Å². The Hall–Kier alpha value is -1.00. The van der Waals surface area contributed by atoms with Crippen LogP contribution in [0.25, 0.3) is 0 Å². The van der Waals surface area contributed by atoms with E-state index in [-0.39, 0.29) is 6.04 Å². The van der Waals surface area contributed by atoms with Gasteiger partial charge in [-0.1, -0.05) is 6.07 Å². The highest BCUT2D eigenvalue weighted by atomic mass is 19.2. The third-order valence-corrected chi connectivity index (χ3v) is 3.62. The van der Waals surface area contributed by atoms with Crippen molar-refractivity contribution in [3.8, 4) is 0 Å². The van der Waals surface area contributed by atoms with Gasteiger partial charge in [-0.2, -0.15) is 0 Å². The maximum absolute atomic E-state index is 13.2. The fourth-order valence-corrected chi connectivity index (χ4v) is 2.58. The molecule has 17 heavy (non-hydrogen) atoms. The topological polar surface area (TPSA) is 29.3 Å². The van der Waals surface area contributed by atoms with Gasteiger partial charge in [-0.3, -0.25) is 4.90 Å². The van der Waals surface area contributed by atoms with Crippen molar-refractivity contribution in [2.45, 2.75) is 31.8 Å². The summed E-state index contributed by atoms with van der Waals surface area (Å²) >= 11 is 0. The monoisotopic (exact) mass is 240 g/mol. The normalized spacial score (nSPS) is 22.9. The number of nitrogens with two attached hydrogens (primary N) is 1. The third-order valence-electron chi connectivity index (χ3n) is 3.62. The van der Waals surface area contributed by atoms with Crippen LogP contribution in [0.2, 0.25) is 0 Å². The first kappa shape index (κ1) is 12.5. The molecule has 1 heterocycles. The Balaban J connectivity index is 2.18. The van der Waals surface area contributed by atoms with Crippen molar-refractivity contribution in [2.24, 2.45) is 5.73 Å². The molecule has 1 aromatic carbocycles. The molecule has 0 aromatic heterocycles. The number of likely N-dealkylation sites (tertiary alicyclic amines) is 1. The smallest absolute Gasteiger partial charge is 0.159 e. The van der Waals surface area contributed by atoms with Crippen LogP contribution in [-0.2, 0) is 0 Å². The number of rotatable bonds is 3. The predicted octanol–water partition coefficient (Wildman–Crippen LogP) is 2.45. The third kappa shape index (κ3) is 2.48. The van der Waals surface area contributed by atoms with Crippen LogP contribution in [0.3, 0.4) is 0 Å². The second-order valence-electron chi connectivity index (χ2n) is 4.62. The van der Waals surface area contributed by atoms with E-state index < -0.39 is 11.6 Å². The Bertz CT molecular complexity index is 395. The molecule has 4 heteroatoms. The molecule has 1 saturated heterocycles. The molecule has 2 unspecified atom stereocenters. The maximum atomic E-state index is 13.2. The molecule has 0 spiro atoms. The lowest BCUT2D eigenvalue weighted by atomic mass is 10.1. The molecule has 1 fully saturated rings. The van der Waals surface area contributed by atoms with E-state index in [0.29, 0.717) is 12.6 Å². The predicted molar refractivity (Wildman–Crippen MR) is 63.6 cm³/mol. The van der Waals surface area contributed by atoms with E-state index in [1.54, 1.807) is 6.07 Å². The van der Waals surface area contributed by atoms with Crippen LogP contribution in [-0.4, -0.2) is 24.0 Å². The van der Waals surface area contributed by atoms with Gasteiger partial charge in [-0.25, -0.2) is 8.78 Å². The summed E-state index contributed by atoms with van der Waals surface area (Å²) in [6.07, 6.45) is 2.21. The highest BCUT2D eigenvalue weighted by Crippen LogP contribution is 2.29. The van der Waals surface area contributed by atoms with Crippen LogP contribution < -0.4 is 5.73 Å². The second-order valence-corrected chi connectivity index (χ2v) is 4.62. The van der Waals surface area contributed by atoms with E-state index in [0.717, 1.165) is 24.9 Å². The van der Waals surface area contributed by atoms with Gasteiger partial charge in [0.2, 0.25) is 0 Å². The Morgan fingerprint density at radius 1 is 1.41 bits per heavy atom. The second kappa shape index (κ2) is 5.10. The molecule has 94 valence electrons. The highest BCUT2D eigenvalue weighted by Gasteiger charge is 2.28. The molecule has 1 aliphatic rings. The highest BCUT2D eigenvalue weighted by molar-refractivity contribution is 5.21. The first-order valence-electron chi connectivity index (χ1n) is 6.04. The van der Waals surface area contributed by atoms with Gasteiger partial charge >= 0.3 is 0 Å². The Morgan fingerprint density at radius 2 is 2.18 bits per heavy atom. The molecule has 0 amide bonds. The Kier molecular flexibility index (Phi) is 3.74. The lowest BCUT2D eigenvalue weighted by Crippen LogP contribution is -2.37. The van der Waals surface area contributed by atoms with Gasteiger partial charge in [0.25, 0.3) is 0 Å². The molecule has 2 N–H and O–H groups in total. The number of halogens is 2. The average Bonchev–Trinajstić information content (AvgIpc) is 2.80. The van der Waals surface area contributed by atoms with Crippen LogP contribution in [0.5, 0.6) is 0 Å². The summed E-state index contributed by atoms with van der Waals surface area (Å²) in [5.41, 5.74) is 6.53. The van der Waals surface area contributed by atoms with Crippen molar-refractivity contribution in [2.75, 3.05) is 13.1 Å². The van der Waals surface area contributed by atoms with E-state index in [1.165, 1.54) is 12.1 Å². The SMILES string of the molecule is CC(c1ccc(F)c(F)c1)N1CCCC1CN. The van der Waals surface area contributed by atoms with Gasteiger partial charge in [0.1, 0.15) is 0 Å². The van der Waals surface area contributed by atoms with Crippen molar-refractivity contribution in [1.82, 2.24) is 4.90 Å². The summed E-state index contributed by atoms with van der Waals surface area (Å²) in [6.45, 7) is 3.61. The van der Waals surface area contributed by atoms with E-state index >= 15 is 0 Å². The van der Waals surface area contributed by atoms with Crippen molar-refractivity contribution < 1.29 is 8.78 Å². The van der Waals surface area contributed by atoms with E-state index in [4.69, 9.17) is 5.73 Å². The minimum absolute atomic E-state index is 0.0844. The summed E-state index contributed by atoms with van der Waals surface area (Å²) in [5.74, 6) is -1.57. The van der Waals surface area contributed by atoms with Crippen molar-refractivity contribution in [3.63, 3.8) is 0 Å². The molecule has 2 nitrogen and oxygen atoms in total. The van der Waals surface area contributed by atoms with Crippen molar-refractivity contribution >= 4 is 0 Å². The van der Waals surface area contributed by atoms with Gasteiger partial charge < -0.3 is 5.73 Å². The van der Waals surface area contributed by atoms with E-state index in [1.807, 2.05) is 6.92 Å². The van der Waals surface area contributed by atoms with Crippen LogP contribution in [0.15, 0.2) is 18.2 Å². The lowest BCUT2D eigenvalue weighted by Gasteiger charge is -2.30. The zero-order chi connectivity index (χ0) is 12.4. The summed E-state index contributed by atoms with van der Waals surface area (Å²) < 4.78 is 26.1. The van der Waals surface area contributed by atoms with Gasteiger partial charge in [0.05, 0.1) is 0 Å². The largest absolute Gasteiger partial charge is 0.329 e. The molecule has 0 aliphatic carbocycles. The van der Waals surface area contributed by atoms with E-state index in [2.05, 4.69) is 4.90 Å². The summed E-state index contributed by atoms with van der Waals surface area (Å²) in [5, 5.41) is 0.